The Morgan fingerprint density at radius 2 is 2.10 bits per heavy atom. The van der Waals surface area contributed by atoms with Crippen LogP contribution < -0.4 is 16.0 Å². The Balaban J connectivity index is 2.78. The molecule has 0 radical (unpaired) electrons. The monoisotopic (exact) mass is 280 g/mol. The van der Waals surface area contributed by atoms with E-state index in [-0.39, 0.29) is 11.6 Å². The fourth-order valence-electron chi connectivity index (χ4n) is 1.74. The highest BCUT2D eigenvalue weighted by molar-refractivity contribution is 5.95. The second kappa shape index (κ2) is 8.11. The Kier molecular flexibility index (Phi) is 6.45. The van der Waals surface area contributed by atoms with Gasteiger partial charge in [0.15, 0.2) is 0 Å². The van der Waals surface area contributed by atoms with Crippen LogP contribution in [0, 0.1) is 10.1 Å². The second-order valence-corrected chi connectivity index (χ2v) is 4.20. The van der Waals surface area contributed by atoms with Crippen molar-refractivity contribution in [3.05, 3.63) is 33.9 Å². The largest absolute Gasteiger partial charge is 0.379 e. The molecule has 1 aromatic carbocycles. The van der Waals surface area contributed by atoms with Gasteiger partial charge >= 0.3 is 0 Å². The lowest BCUT2D eigenvalue weighted by molar-refractivity contribution is -0.384. The molecule has 20 heavy (non-hydrogen) atoms. The first-order chi connectivity index (χ1) is 9.60. The van der Waals surface area contributed by atoms with Gasteiger partial charge in [0.2, 0.25) is 0 Å². The number of hydrogen-bond donors (Lipinski definition) is 3. The van der Waals surface area contributed by atoms with E-state index in [1.165, 1.54) is 25.2 Å². The number of anilines is 1. The van der Waals surface area contributed by atoms with Crippen LogP contribution in [0.5, 0.6) is 0 Å². The van der Waals surface area contributed by atoms with Crippen LogP contribution in [0.4, 0.5) is 11.4 Å². The first-order valence-corrected chi connectivity index (χ1v) is 6.55. The quantitative estimate of drug-likeness (QED) is 0.379. The average Bonchev–Trinajstić information content (AvgIpc) is 2.45. The molecule has 1 rings (SSSR count). The van der Waals surface area contributed by atoms with E-state index in [0.717, 1.165) is 19.5 Å². The fourth-order valence-corrected chi connectivity index (χ4v) is 1.74. The maximum absolute atomic E-state index is 11.5. The molecule has 7 nitrogen and oxygen atoms in total. The van der Waals surface area contributed by atoms with Crippen molar-refractivity contribution < 1.29 is 9.72 Å². The standard InChI is InChI=1S/C13H20N4O3/c1-3-15-7-4-8-16-11-9-10(13(18)14-2)5-6-12(11)17(19)20/h5-6,9,15-16H,3-4,7-8H2,1-2H3,(H,14,18). The Morgan fingerprint density at radius 3 is 2.70 bits per heavy atom. The van der Waals surface area contributed by atoms with E-state index in [4.69, 9.17) is 0 Å². The molecule has 0 spiro atoms. The lowest BCUT2D eigenvalue weighted by Gasteiger charge is -2.09. The minimum Gasteiger partial charge on any atom is -0.379 e. The molecule has 1 amide bonds. The molecule has 0 saturated heterocycles. The molecule has 0 aliphatic carbocycles. The maximum Gasteiger partial charge on any atom is 0.292 e. The summed E-state index contributed by atoms with van der Waals surface area (Å²) in [5.74, 6) is -0.268. The molecule has 0 bridgehead atoms. The lowest BCUT2D eigenvalue weighted by atomic mass is 10.1. The van der Waals surface area contributed by atoms with Gasteiger partial charge in [-0.25, -0.2) is 0 Å². The zero-order valence-electron chi connectivity index (χ0n) is 11.7. The summed E-state index contributed by atoms with van der Waals surface area (Å²) in [4.78, 5) is 22.0. The highest BCUT2D eigenvalue weighted by atomic mass is 16.6. The molecule has 0 aromatic heterocycles. The highest BCUT2D eigenvalue weighted by Crippen LogP contribution is 2.25. The van der Waals surface area contributed by atoms with E-state index in [9.17, 15) is 14.9 Å². The number of nitrogens with zero attached hydrogens (tertiary/aromatic N) is 1. The van der Waals surface area contributed by atoms with Crippen LogP contribution in [0.2, 0.25) is 0 Å². The second-order valence-electron chi connectivity index (χ2n) is 4.20. The molecule has 0 aliphatic rings. The van der Waals surface area contributed by atoms with Gasteiger partial charge in [-0.1, -0.05) is 6.92 Å². The maximum atomic E-state index is 11.5. The van der Waals surface area contributed by atoms with E-state index in [0.29, 0.717) is 17.8 Å². The number of benzene rings is 1. The molecule has 7 heteroatoms. The molecule has 0 fully saturated rings. The first-order valence-electron chi connectivity index (χ1n) is 6.55. The van der Waals surface area contributed by atoms with Crippen molar-refractivity contribution in [3.63, 3.8) is 0 Å². The van der Waals surface area contributed by atoms with Gasteiger partial charge in [0.05, 0.1) is 4.92 Å². The Labute approximate surface area is 117 Å². The van der Waals surface area contributed by atoms with Crippen molar-refractivity contribution in [2.24, 2.45) is 0 Å². The zero-order chi connectivity index (χ0) is 15.0. The van der Waals surface area contributed by atoms with E-state index >= 15 is 0 Å². The highest BCUT2D eigenvalue weighted by Gasteiger charge is 2.15. The van der Waals surface area contributed by atoms with Gasteiger partial charge in [0.25, 0.3) is 11.6 Å². The lowest BCUT2D eigenvalue weighted by Crippen LogP contribution is -2.19. The normalized spacial score (nSPS) is 10.1. The van der Waals surface area contributed by atoms with Gasteiger partial charge in [-0.3, -0.25) is 14.9 Å². The number of hydrogen-bond acceptors (Lipinski definition) is 5. The summed E-state index contributed by atoms with van der Waals surface area (Å²) in [6.07, 6.45) is 0.842. The third-order valence-corrected chi connectivity index (χ3v) is 2.78. The predicted molar refractivity (Wildman–Crippen MR) is 78.1 cm³/mol. The molecule has 3 N–H and O–H groups in total. The minimum absolute atomic E-state index is 0.0268. The number of nitrogens with one attached hydrogen (secondary N) is 3. The third kappa shape index (κ3) is 4.51. The molecule has 0 unspecified atom stereocenters. The van der Waals surface area contributed by atoms with Crippen molar-refractivity contribution in [2.75, 3.05) is 32.0 Å². The van der Waals surface area contributed by atoms with Gasteiger partial charge < -0.3 is 16.0 Å². The van der Waals surface area contributed by atoms with E-state index in [2.05, 4.69) is 16.0 Å². The average molecular weight is 280 g/mol. The number of carbonyl (C=O) groups is 1. The van der Waals surface area contributed by atoms with Gasteiger partial charge in [0, 0.05) is 25.2 Å². The number of nitro groups is 1. The Hall–Kier alpha value is -2.15. The third-order valence-electron chi connectivity index (χ3n) is 2.78. The molecule has 0 saturated carbocycles. The first kappa shape index (κ1) is 15.9. The number of rotatable bonds is 8. The summed E-state index contributed by atoms with van der Waals surface area (Å²) < 4.78 is 0. The van der Waals surface area contributed by atoms with Gasteiger partial charge in [-0.05, 0) is 31.6 Å². The van der Waals surface area contributed by atoms with E-state index < -0.39 is 4.92 Å². The number of nitro benzene ring substituents is 1. The number of amides is 1. The summed E-state index contributed by atoms with van der Waals surface area (Å²) in [6, 6.07) is 4.29. The van der Waals surface area contributed by atoms with Crippen molar-refractivity contribution >= 4 is 17.3 Å². The van der Waals surface area contributed by atoms with Crippen LogP contribution in [0.1, 0.15) is 23.7 Å². The van der Waals surface area contributed by atoms with Crippen LogP contribution >= 0.6 is 0 Å². The van der Waals surface area contributed by atoms with Crippen LogP contribution in [-0.2, 0) is 0 Å². The van der Waals surface area contributed by atoms with Crippen LogP contribution in [0.3, 0.4) is 0 Å². The van der Waals surface area contributed by atoms with Crippen molar-refractivity contribution in [3.8, 4) is 0 Å². The van der Waals surface area contributed by atoms with Gasteiger partial charge in [0.1, 0.15) is 5.69 Å². The fraction of sp³-hybridized carbons (Fsp3) is 0.462. The van der Waals surface area contributed by atoms with Crippen molar-refractivity contribution in [2.45, 2.75) is 13.3 Å². The Bertz CT molecular complexity index is 477. The molecular weight excluding hydrogens is 260 g/mol. The molecule has 0 aliphatic heterocycles. The summed E-state index contributed by atoms with van der Waals surface area (Å²) in [7, 11) is 1.52. The predicted octanol–water partition coefficient (Wildman–Crippen LogP) is 1.37. The van der Waals surface area contributed by atoms with Gasteiger partial charge in [-0.2, -0.15) is 0 Å². The van der Waals surface area contributed by atoms with Crippen LogP contribution in [0.15, 0.2) is 18.2 Å². The smallest absolute Gasteiger partial charge is 0.292 e. The van der Waals surface area contributed by atoms with E-state index in [1.54, 1.807) is 0 Å². The summed E-state index contributed by atoms with van der Waals surface area (Å²) in [6.45, 7) is 4.36. The summed E-state index contributed by atoms with van der Waals surface area (Å²) in [5, 5.41) is 19.6. The molecule has 110 valence electrons. The topological polar surface area (TPSA) is 96.3 Å². The van der Waals surface area contributed by atoms with Crippen LogP contribution in [-0.4, -0.2) is 37.5 Å². The van der Waals surface area contributed by atoms with Gasteiger partial charge in [-0.15, -0.1) is 0 Å². The SMILES string of the molecule is CCNCCCNc1cc(C(=O)NC)ccc1[N+](=O)[O-]. The molecular formula is C13H20N4O3. The Morgan fingerprint density at radius 1 is 1.35 bits per heavy atom. The zero-order valence-corrected chi connectivity index (χ0v) is 11.7. The van der Waals surface area contributed by atoms with Crippen molar-refractivity contribution in [1.82, 2.24) is 10.6 Å². The summed E-state index contributed by atoms with van der Waals surface area (Å²) >= 11 is 0. The minimum atomic E-state index is -0.458. The molecule has 0 heterocycles. The van der Waals surface area contributed by atoms with Crippen molar-refractivity contribution in [1.29, 1.82) is 0 Å². The van der Waals surface area contributed by atoms with E-state index in [1.807, 2.05) is 6.92 Å². The molecule has 0 atom stereocenters. The molecule has 1 aromatic rings. The summed E-state index contributed by atoms with van der Waals surface area (Å²) in [5.41, 5.74) is 0.737. The number of carbonyl (C=O) groups excluding carboxylic acids is 1. The van der Waals surface area contributed by atoms with Crippen LogP contribution in [0.25, 0.3) is 0 Å².